The summed E-state index contributed by atoms with van der Waals surface area (Å²) >= 11 is 0. The van der Waals surface area contributed by atoms with Crippen LogP contribution in [0.15, 0.2) is 42.5 Å². The lowest BCUT2D eigenvalue weighted by Gasteiger charge is -2.11. The van der Waals surface area contributed by atoms with Gasteiger partial charge in [0.05, 0.1) is 18.2 Å². The maximum atomic E-state index is 13.3. The molecule has 0 amide bonds. The molecule has 2 aromatic carbocycles. The van der Waals surface area contributed by atoms with Crippen molar-refractivity contribution in [3.63, 3.8) is 0 Å². The van der Waals surface area contributed by atoms with E-state index in [1.54, 1.807) is 0 Å². The molecule has 0 aliphatic rings. The molecule has 0 aliphatic carbocycles. The maximum absolute atomic E-state index is 13.3. The molecule has 0 unspecified atom stereocenters. The highest BCUT2D eigenvalue weighted by Gasteiger charge is 2.20. The number of hydrogen-bond donors (Lipinski definition) is 0. The predicted molar refractivity (Wildman–Crippen MR) is 69.5 cm³/mol. The number of hydrogen-bond acceptors (Lipinski definition) is 3. The highest BCUT2D eigenvalue weighted by molar-refractivity contribution is 6.12. The molecule has 0 aliphatic heterocycles. The van der Waals surface area contributed by atoms with Crippen LogP contribution in [0, 0.1) is 5.82 Å². The molecule has 2 aromatic rings. The van der Waals surface area contributed by atoms with Crippen LogP contribution in [-0.2, 0) is 0 Å². The van der Waals surface area contributed by atoms with Gasteiger partial charge in [-0.1, -0.05) is 12.1 Å². The van der Waals surface area contributed by atoms with Gasteiger partial charge in [-0.05, 0) is 30.3 Å². The number of methoxy groups -OCH3 is 1. The lowest BCUT2D eigenvalue weighted by atomic mass is 10.0. The van der Waals surface area contributed by atoms with Gasteiger partial charge >= 0.3 is 6.61 Å². The molecule has 0 spiro atoms. The molecule has 2 rings (SSSR count). The number of rotatable bonds is 5. The lowest BCUT2D eigenvalue weighted by Crippen LogP contribution is -2.10. The summed E-state index contributed by atoms with van der Waals surface area (Å²) in [5.74, 6) is -1.42. The zero-order valence-corrected chi connectivity index (χ0v) is 11.0. The van der Waals surface area contributed by atoms with Crippen LogP contribution in [0.1, 0.15) is 15.9 Å². The Morgan fingerprint density at radius 3 is 2.43 bits per heavy atom. The van der Waals surface area contributed by atoms with Crippen LogP contribution in [0.25, 0.3) is 0 Å². The van der Waals surface area contributed by atoms with Gasteiger partial charge in [0, 0.05) is 0 Å². The molecule has 0 saturated carbocycles. The van der Waals surface area contributed by atoms with Gasteiger partial charge in [-0.2, -0.15) is 8.78 Å². The van der Waals surface area contributed by atoms with E-state index in [-0.39, 0.29) is 22.6 Å². The van der Waals surface area contributed by atoms with Crippen molar-refractivity contribution < 1.29 is 27.4 Å². The summed E-state index contributed by atoms with van der Waals surface area (Å²) in [5, 5.41) is 0. The Labute approximate surface area is 118 Å². The molecule has 0 saturated heterocycles. The van der Waals surface area contributed by atoms with E-state index < -0.39 is 18.2 Å². The van der Waals surface area contributed by atoms with Crippen molar-refractivity contribution >= 4 is 5.78 Å². The standard InChI is InChI=1S/C15H11F3O3/c1-20-12-7-6-9(16)8-11(12)14(19)10-4-2-3-5-13(10)21-15(17)18/h2-8,15H,1H3. The summed E-state index contributed by atoms with van der Waals surface area (Å²) in [4.78, 5) is 12.4. The zero-order valence-electron chi connectivity index (χ0n) is 11.0. The molecular formula is C15H11F3O3. The minimum absolute atomic E-state index is 0.0668. The fourth-order valence-corrected chi connectivity index (χ4v) is 1.86. The minimum Gasteiger partial charge on any atom is -0.496 e. The third-order valence-corrected chi connectivity index (χ3v) is 2.75. The Kier molecular flexibility index (Phi) is 4.47. The number of halogens is 3. The number of ketones is 1. The second kappa shape index (κ2) is 6.30. The Morgan fingerprint density at radius 2 is 1.76 bits per heavy atom. The number of carbonyl (C=O) groups is 1. The minimum atomic E-state index is -3.06. The highest BCUT2D eigenvalue weighted by atomic mass is 19.3. The molecule has 6 heteroatoms. The Balaban J connectivity index is 2.48. The quantitative estimate of drug-likeness (QED) is 0.790. The van der Waals surface area contributed by atoms with Crippen LogP contribution >= 0.6 is 0 Å². The SMILES string of the molecule is COc1ccc(F)cc1C(=O)c1ccccc1OC(F)F. The largest absolute Gasteiger partial charge is 0.496 e. The van der Waals surface area contributed by atoms with E-state index in [4.69, 9.17) is 4.74 Å². The van der Waals surface area contributed by atoms with Crippen molar-refractivity contribution in [1.29, 1.82) is 0 Å². The first-order chi connectivity index (χ1) is 10.0. The number of alkyl halides is 2. The van der Waals surface area contributed by atoms with Crippen molar-refractivity contribution in [2.45, 2.75) is 6.61 Å². The molecule has 0 bridgehead atoms. The van der Waals surface area contributed by atoms with Crippen LogP contribution in [-0.4, -0.2) is 19.5 Å². The third-order valence-electron chi connectivity index (χ3n) is 2.75. The normalized spacial score (nSPS) is 10.5. The molecule has 0 radical (unpaired) electrons. The first-order valence-corrected chi connectivity index (χ1v) is 5.95. The molecule has 0 atom stereocenters. The maximum Gasteiger partial charge on any atom is 0.387 e. The zero-order chi connectivity index (χ0) is 15.4. The first kappa shape index (κ1) is 14.9. The molecule has 0 aromatic heterocycles. The van der Waals surface area contributed by atoms with E-state index >= 15 is 0 Å². The van der Waals surface area contributed by atoms with E-state index in [0.717, 1.165) is 12.1 Å². The van der Waals surface area contributed by atoms with Gasteiger partial charge in [-0.15, -0.1) is 0 Å². The monoisotopic (exact) mass is 296 g/mol. The summed E-state index contributed by atoms with van der Waals surface area (Å²) < 4.78 is 47.3. The van der Waals surface area contributed by atoms with Crippen molar-refractivity contribution in [1.82, 2.24) is 0 Å². The first-order valence-electron chi connectivity index (χ1n) is 5.95. The van der Waals surface area contributed by atoms with E-state index in [2.05, 4.69) is 4.74 Å². The van der Waals surface area contributed by atoms with Gasteiger partial charge in [-0.25, -0.2) is 4.39 Å². The van der Waals surface area contributed by atoms with E-state index in [1.165, 1.54) is 37.4 Å². The van der Waals surface area contributed by atoms with E-state index in [0.29, 0.717) is 0 Å². The molecule has 110 valence electrons. The predicted octanol–water partition coefficient (Wildman–Crippen LogP) is 3.67. The number of ether oxygens (including phenoxy) is 2. The number of benzene rings is 2. The van der Waals surface area contributed by atoms with Gasteiger partial charge in [0.15, 0.2) is 0 Å². The van der Waals surface area contributed by atoms with Gasteiger partial charge in [0.1, 0.15) is 17.3 Å². The second-order valence-electron chi connectivity index (χ2n) is 4.05. The smallest absolute Gasteiger partial charge is 0.387 e. The molecular weight excluding hydrogens is 285 g/mol. The summed E-state index contributed by atoms with van der Waals surface area (Å²) in [6.07, 6.45) is 0. The van der Waals surface area contributed by atoms with Gasteiger partial charge in [-0.3, -0.25) is 4.79 Å². The van der Waals surface area contributed by atoms with Gasteiger partial charge in [0.2, 0.25) is 5.78 Å². The Morgan fingerprint density at radius 1 is 1.05 bits per heavy atom. The van der Waals surface area contributed by atoms with Crippen molar-refractivity contribution in [3.8, 4) is 11.5 Å². The molecule has 0 N–H and O–H groups in total. The molecule has 21 heavy (non-hydrogen) atoms. The Bertz CT molecular complexity index is 656. The fraction of sp³-hybridized carbons (Fsp3) is 0.133. The van der Waals surface area contributed by atoms with Crippen LogP contribution in [0.4, 0.5) is 13.2 Å². The van der Waals surface area contributed by atoms with Crippen molar-refractivity contribution in [2.75, 3.05) is 7.11 Å². The summed E-state index contributed by atoms with van der Waals surface area (Å²) in [6.45, 7) is -3.06. The molecule has 0 fully saturated rings. The summed E-state index contributed by atoms with van der Waals surface area (Å²) in [5.41, 5.74) is -0.162. The van der Waals surface area contributed by atoms with Gasteiger partial charge < -0.3 is 9.47 Å². The Hall–Kier alpha value is -2.50. The number of carbonyl (C=O) groups excluding carboxylic acids is 1. The second-order valence-corrected chi connectivity index (χ2v) is 4.05. The lowest BCUT2D eigenvalue weighted by molar-refractivity contribution is -0.0501. The van der Waals surface area contributed by atoms with Crippen LogP contribution in [0.3, 0.4) is 0 Å². The van der Waals surface area contributed by atoms with E-state index in [1.807, 2.05) is 0 Å². The van der Waals surface area contributed by atoms with Crippen molar-refractivity contribution in [3.05, 3.63) is 59.4 Å². The van der Waals surface area contributed by atoms with E-state index in [9.17, 15) is 18.0 Å². The average Bonchev–Trinajstić information content (AvgIpc) is 2.46. The third kappa shape index (κ3) is 3.34. The summed E-state index contributed by atoms with van der Waals surface area (Å²) in [7, 11) is 1.32. The van der Waals surface area contributed by atoms with Crippen molar-refractivity contribution in [2.24, 2.45) is 0 Å². The van der Waals surface area contributed by atoms with Crippen LogP contribution < -0.4 is 9.47 Å². The number of para-hydroxylation sites is 1. The molecule has 3 nitrogen and oxygen atoms in total. The topological polar surface area (TPSA) is 35.5 Å². The van der Waals surface area contributed by atoms with Crippen LogP contribution in [0.2, 0.25) is 0 Å². The highest BCUT2D eigenvalue weighted by Crippen LogP contribution is 2.28. The van der Waals surface area contributed by atoms with Gasteiger partial charge in [0.25, 0.3) is 0 Å². The fourth-order valence-electron chi connectivity index (χ4n) is 1.86. The van der Waals surface area contributed by atoms with Crippen LogP contribution in [0.5, 0.6) is 11.5 Å². The average molecular weight is 296 g/mol. The molecule has 0 heterocycles. The summed E-state index contributed by atoms with van der Waals surface area (Å²) in [6, 6.07) is 8.93.